The molecule has 0 aliphatic rings. The van der Waals surface area contributed by atoms with Crippen molar-refractivity contribution in [1.82, 2.24) is 4.98 Å². The second kappa shape index (κ2) is 3.59. The summed E-state index contributed by atoms with van der Waals surface area (Å²) in [5.41, 5.74) is 0.0857. The van der Waals surface area contributed by atoms with Crippen molar-refractivity contribution < 1.29 is 10.0 Å². The molecular weight excluding hydrogens is 228 g/mol. The fourth-order valence-corrected chi connectivity index (χ4v) is 1.06. The molecule has 1 heterocycles. The van der Waals surface area contributed by atoms with Crippen LogP contribution in [0.1, 0.15) is 5.56 Å². The monoisotopic (exact) mass is 232 g/mol. The molecule has 0 unspecified atom stereocenters. The van der Waals surface area contributed by atoms with E-state index in [9.17, 15) is 10.1 Å². The van der Waals surface area contributed by atoms with Crippen LogP contribution >= 0.6 is 15.9 Å². The topological polar surface area (TPSA) is 76.3 Å². The summed E-state index contributed by atoms with van der Waals surface area (Å²) in [5.74, 6) is 0. The molecule has 0 amide bonds. The van der Waals surface area contributed by atoms with Crippen molar-refractivity contribution in [1.29, 1.82) is 0 Å². The van der Waals surface area contributed by atoms with E-state index in [0.717, 1.165) is 0 Å². The van der Waals surface area contributed by atoms with Crippen molar-refractivity contribution in [3.63, 3.8) is 0 Å². The molecule has 1 N–H and O–H groups in total. The van der Waals surface area contributed by atoms with Gasteiger partial charge in [-0.15, -0.1) is 0 Å². The van der Waals surface area contributed by atoms with Gasteiger partial charge in [0.15, 0.2) is 0 Å². The molecule has 1 rings (SSSR count). The van der Waals surface area contributed by atoms with Crippen molar-refractivity contribution in [2.75, 3.05) is 0 Å². The standard InChI is InChI=1S/C6H5BrN2O3/c7-6-1-5(9(11)12)4(3-10)2-8-6/h1-2,10H,3H2. The molecule has 12 heavy (non-hydrogen) atoms. The lowest BCUT2D eigenvalue weighted by atomic mass is 10.2. The molecule has 1 aromatic heterocycles. The van der Waals surface area contributed by atoms with Gasteiger partial charge in [-0.2, -0.15) is 0 Å². The lowest BCUT2D eigenvalue weighted by Crippen LogP contribution is -1.96. The fourth-order valence-electron chi connectivity index (χ4n) is 0.740. The molecule has 0 aliphatic heterocycles. The third-order valence-corrected chi connectivity index (χ3v) is 1.73. The second-order valence-electron chi connectivity index (χ2n) is 2.05. The van der Waals surface area contributed by atoms with Gasteiger partial charge in [0.05, 0.1) is 17.1 Å². The summed E-state index contributed by atoms with van der Waals surface area (Å²) in [6.45, 7) is -0.378. The number of hydrogen-bond donors (Lipinski definition) is 1. The third kappa shape index (κ3) is 1.77. The predicted octanol–water partition coefficient (Wildman–Crippen LogP) is 1.24. The first kappa shape index (κ1) is 9.08. The Morgan fingerprint density at radius 2 is 2.42 bits per heavy atom. The molecule has 0 spiro atoms. The van der Waals surface area contributed by atoms with Gasteiger partial charge < -0.3 is 5.11 Å². The average Bonchev–Trinajstić information content (AvgIpc) is 2.04. The molecule has 0 atom stereocenters. The van der Waals surface area contributed by atoms with Crippen molar-refractivity contribution in [2.45, 2.75) is 6.61 Å². The van der Waals surface area contributed by atoms with E-state index in [1.165, 1.54) is 12.3 Å². The maximum atomic E-state index is 10.4. The zero-order valence-corrected chi connectivity index (χ0v) is 7.48. The van der Waals surface area contributed by atoms with Crippen LogP contribution < -0.4 is 0 Å². The maximum absolute atomic E-state index is 10.4. The summed E-state index contributed by atoms with van der Waals surface area (Å²) in [6.07, 6.45) is 1.27. The van der Waals surface area contributed by atoms with E-state index in [0.29, 0.717) is 4.60 Å². The van der Waals surface area contributed by atoms with Crippen LogP contribution in [0, 0.1) is 10.1 Å². The summed E-state index contributed by atoms with van der Waals surface area (Å²) >= 11 is 3.00. The second-order valence-corrected chi connectivity index (χ2v) is 2.86. The molecule has 0 saturated carbocycles. The molecule has 0 aromatic carbocycles. The van der Waals surface area contributed by atoms with Crippen LogP contribution in [0.4, 0.5) is 5.69 Å². The van der Waals surface area contributed by atoms with Gasteiger partial charge in [0.1, 0.15) is 4.60 Å². The Hall–Kier alpha value is -1.01. The average molecular weight is 233 g/mol. The predicted molar refractivity (Wildman–Crippen MR) is 44.5 cm³/mol. The van der Waals surface area contributed by atoms with Crippen LogP contribution in [0.15, 0.2) is 16.9 Å². The molecule has 0 saturated heterocycles. The molecular formula is C6H5BrN2O3. The Balaban J connectivity index is 3.21. The number of nitro groups is 1. The smallest absolute Gasteiger partial charge is 0.279 e. The molecule has 0 aliphatic carbocycles. The largest absolute Gasteiger partial charge is 0.391 e. The lowest BCUT2D eigenvalue weighted by Gasteiger charge is -1.97. The summed E-state index contributed by atoms with van der Waals surface area (Å²) in [6, 6.07) is 1.26. The van der Waals surface area contributed by atoms with Gasteiger partial charge in [-0.3, -0.25) is 10.1 Å². The van der Waals surface area contributed by atoms with E-state index in [2.05, 4.69) is 20.9 Å². The minimum atomic E-state index is -0.558. The van der Waals surface area contributed by atoms with E-state index in [4.69, 9.17) is 5.11 Å². The number of aliphatic hydroxyl groups is 1. The van der Waals surface area contributed by atoms with Crippen molar-refractivity contribution in [2.24, 2.45) is 0 Å². The van der Waals surface area contributed by atoms with Crippen LogP contribution in [0.2, 0.25) is 0 Å². The van der Waals surface area contributed by atoms with Gasteiger partial charge in [-0.25, -0.2) is 4.98 Å². The van der Waals surface area contributed by atoms with Crippen LogP contribution in [0.25, 0.3) is 0 Å². The van der Waals surface area contributed by atoms with Crippen LogP contribution in [-0.2, 0) is 6.61 Å². The highest BCUT2D eigenvalue weighted by Gasteiger charge is 2.13. The molecule has 64 valence electrons. The molecule has 5 nitrogen and oxygen atoms in total. The minimum Gasteiger partial charge on any atom is -0.391 e. The van der Waals surface area contributed by atoms with Crippen LogP contribution in [0.3, 0.4) is 0 Å². The quantitative estimate of drug-likeness (QED) is 0.473. The Bertz CT molecular complexity index is 316. The maximum Gasteiger partial charge on any atom is 0.279 e. The number of nitrogens with zero attached hydrogens (tertiary/aromatic N) is 2. The summed E-state index contributed by atoms with van der Waals surface area (Å²) in [5, 5.41) is 19.1. The molecule has 0 bridgehead atoms. The van der Waals surface area contributed by atoms with Crippen LogP contribution in [0.5, 0.6) is 0 Å². The van der Waals surface area contributed by atoms with Crippen molar-refractivity contribution in [3.05, 3.63) is 32.5 Å². The highest BCUT2D eigenvalue weighted by atomic mass is 79.9. The van der Waals surface area contributed by atoms with E-state index < -0.39 is 4.92 Å². The fraction of sp³-hybridized carbons (Fsp3) is 0.167. The van der Waals surface area contributed by atoms with Crippen molar-refractivity contribution in [3.8, 4) is 0 Å². The van der Waals surface area contributed by atoms with E-state index >= 15 is 0 Å². The SMILES string of the molecule is O=[N+]([O-])c1cc(Br)ncc1CO. The highest BCUT2D eigenvalue weighted by molar-refractivity contribution is 9.10. The first-order chi connectivity index (χ1) is 5.65. The van der Waals surface area contributed by atoms with Gasteiger partial charge in [0.25, 0.3) is 5.69 Å². The van der Waals surface area contributed by atoms with Gasteiger partial charge in [-0.05, 0) is 15.9 Å². The number of aromatic nitrogens is 1. The Kier molecular flexibility index (Phi) is 2.72. The summed E-state index contributed by atoms with van der Waals surface area (Å²) in [7, 11) is 0. The molecule has 0 fully saturated rings. The number of hydrogen-bond acceptors (Lipinski definition) is 4. The number of pyridine rings is 1. The Morgan fingerprint density at radius 1 is 1.75 bits per heavy atom. The number of aliphatic hydroxyl groups excluding tert-OH is 1. The highest BCUT2D eigenvalue weighted by Crippen LogP contribution is 2.20. The van der Waals surface area contributed by atoms with E-state index in [1.807, 2.05) is 0 Å². The number of halogens is 1. The molecule has 0 radical (unpaired) electrons. The van der Waals surface area contributed by atoms with E-state index in [1.54, 1.807) is 0 Å². The Labute approximate surface area is 76.3 Å². The molecule has 1 aromatic rings. The third-order valence-electron chi connectivity index (χ3n) is 1.30. The van der Waals surface area contributed by atoms with Gasteiger partial charge in [0.2, 0.25) is 0 Å². The summed E-state index contributed by atoms with van der Waals surface area (Å²) in [4.78, 5) is 13.6. The normalized spacial score (nSPS) is 9.83. The van der Waals surface area contributed by atoms with Crippen molar-refractivity contribution >= 4 is 21.6 Å². The summed E-state index contributed by atoms with van der Waals surface area (Å²) < 4.78 is 0.381. The zero-order valence-electron chi connectivity index (χ0n) is 5.90. The number of rotatable bonds is 2. The zero-order chi connectivity index (χ0) is 9.14. The van der Waals surface area contributed by atoms with Crippen LogP contribution in [-0.4, -0.2) is 15.0 Å². The first-order valence-electron chi connectivity index (χ1n) is 3.05. The molecule has 6 heteroatoms. The van der Waals surface area contributed by atoms with Gasteiger partial charge >= 0.3 is 0 Å². The lowest BCUT2D eigenvalue weighted by molar-refractivity contribution is -0.386. The first-order valence-corrected chi connectivity index (χ1v) is 3.84. The van der Waals surface area contributed by atoms with E-state index in [-0.39, 0.29) is 17.9 Å². The minimum absolute atomic E-state index is 0.126. The van der Waals surface area contributed by atoms with Gasteiger partial charge in [-0.1, -0.05) is 0 Å². The van der Waals surface area contributed by atoms with Gasteiger partial charge in [0, 0.05) is 12.3 Å². The Morgan fingerprint density at radius 3 is 2.92 bits per heavy atom.